The second-order valence-electron chi connectivity index (χ2n) is 5.93. The van der Waals surface area contributed by atoms with E-state index in [1.807, 2.05) is 0 Å². The minimum absolute atomic E-state index is 0.412. The summed E-state index contributed by atoms with van der Waals surface area (Å²) in [7, 11) is 0. The number of benzene rings is 1. The maximum atomic E-state index is 12.6. The Morgan fingerprint density at radius 3 is 2.55 bits per heavy atom. The fourth-order valence-corrected chi connectivity index (χ4v) is 2.43. The SMILES string of the molecule is CC(C)(C)OC(=O)n1c(=O)n(CCCCl)c2cc(Cl)ccc21. The number of carbonyl (C=O) groups is 1. The van der Waals surface area contributed by atoms with Crippen LogP contribution in [-0.4, -0.2) is 26.7 Å². The number of carbonyl (C=O) groups excluding carboxylic acids is 1. The average molecular weight is 345 g/mol. The molecule has 0 amide bonds. The number of aromatic nitrogens is 2. The molecule has 0 aliphatic heterocycles. The fourth-order valence-electron chi connectivity index (χ4n) is 2.15. The van der Waals surface area contributed by atoms with Gasteiger partial charge in [-0.2, -0.15) is 4.57 Å². The average Bonchev–Trinajstić information content (AvgIpc) is 2.66. The van der Waals surface area contributed by atoms with E-state index in [0.717, 1.165) is 4.57 Å². The Balaban J connectivity index is 2.61. The van der Waals surface area contributed by atoms with E-state index in [1.165, 1.54) is 4.57 Å². The van der Waals surface area contributed by atoms with Crippen LogP contribution in [0.5, 0.6) is 0 Å². The maximum Gasteiger partial charge on any atom is 0.423 e. The molecule has 0 saturated heterocycles. The van der Waals surface area contributed by atoms with Crippen molar-refractivity contribution in [3.05, 3.63) is 33.7 Å². The second-order valence-corrected chi connectivity index (χ2v) is 6.74. The third kappa shape index (κ3) is 3.47. The Hall–Kier alpha value is -1.46. The van der Waals surface area contributed by atoms with Crippen LogP contribution >= 0.6 is 23.2 Å². The minimum Gasteiger partial charge on any atom is -0.443 e. The van der Waals surface area contributed by atoms with Gasteiger partial charge < -0.3 is 4.74 Å². The van der Waals surface area contributed by atoms with Crippen LogP contribution in [0.25, 0.3) is 11.0 Å². The quantitative estimate of drug-likeness (QED) is 0.794. The zero-order chi connectivity index (χ0) is 16.5. The van der Waals surface area contributed by atoms with Gasteiger partial charge in [0.25, 0.3) is 0 Å². The number of nitrogens with zero attached hydrogens (tertiary/aromatic N) is 2. The number of fused-ring (bicyclic) bond motifs is 1. The Morgan fingerprint density at radius 1 is 1.27 bits per heavy atom. The zero-order valence-electron chi connectivity index (χ0n) is 12.7. The lowest BCUT2D eigenvalue weighted by atomic mass is 10.2. The van der Waals surface area contributed by atoms with Gasteiger partial charge in [0.15, 0.2) is 0 Å². The molecule has 1 aromatic heterocycles. The molecule has 22 heavy (non-hydrogen) atoms. The molecule has 0 aliphatic carbocycles. The molecule has 0 saturated carbocycles. The molecule has 0 aliphatic rings. The molecule has 0 bridgehead atoms. The molecule has 0 spiro atoms. The van der Waals surface area contributed by atoms with Crippen molar-refractivity contribution < 1.29 is 9.53 Å². The molecule has 1 heterocycles. The van der Waals surface area contributed by atoms with Crippen molar-refractivity contribution in [1.29, 1.82) is 0 Å². The highest BCUT2D eigenvalue weighted by Crippen LogP contribution is 2.20. The second kappa shape index (κ2) is 6.34. The first-order valence-corrected chi connectivity index (χ1v) is 7.86. The molecule has 1 aromatic carbocycles. The molecule has 0 unspecified atom stereocenters. The van der Waals surface area contributed by atoms with Gasteiger partial charge in [-0.15, -0.1) is 11.6 Å². The van der Waals surface area contributed by atoms with Gasteiger partial charge in [0, 0.05) is 17.4 Å². The van der Waals surface area contributed by atoms with Crippen molar-refractivity contribution >= 4 is 40.3 Å². The Kier molecular flexibility index (Phi) is 4.87. The number of aryl methyl sites for hydroxylation is 1. The first-order valence-electron chi connectivity index (χ1n) is 6.95. The van der Waals surface area contributed by atoms with Crippen LogP contribution in [0.15, 0.2) is 23.0 Å². The molecular formula is C15H18Cl2N2O3. The standard InChI is InChI=1S/C15H18Cl2N2O3/c1-15(2,3)22-14(21)19-11-6-5-10(17)9-12(11)18(13(19)20)8-4-7-16/h5-6,9H,4,7-8H2,1-3H3. The van der Waals surface area contributed by atoms with Crippen molar-refractivity contribution in [3.8, 4) is 0 Å². The number of hydrogen-bond donors (Lipinski definition) is 0. The molecule has 120 valence electrons. The fraction of sp³-hybridized carbons (Fsp3) is 0.467. The first-order chi connectivity index (χ1) is 10.2. The highest BCUT2D eigenvalue weighted by Gasteiger charge is 2.23. The van der Waals surface area contributed by atoms with Crippen molar-refractivity contribution in [2.75, 3.05) is 5.88 Å². The largest absolute Gasteiger partial charge is 0.443 e. The molecule has 0 fully saturated rings. The summed E-state index contributed by atoms with van der Waals surface area (Å²) in [4.78, 5) is 24.9. The monoisotopic (exact) mass is 344 g/mol. The van der Waals surface area contributed by atoms with E-state index in [9.17, 15) is 9.59 Å². The van der Waals surface area contributed by atoms with E-state index in [0.29, 0.717) is 34.9 Å². The summed E-state index contributed by atoms with van der Waals surface area (Å²) in [5.41, 5.74) is -0.0728. The van der Waals surface area contributed by atoms with Crippen LogP contribution in [0, 0.1) is 0 Å². The molecular weight excluding hydrogens is 327 g/mol. The maximum absolute atomic E-state index is 12.6. The number of rotatable bonds is 3. The Morgan fingerprint density at radius 2 is 1.95 bits per heavy atom. The normalized spacial score (nSPS) is 11.9. The molecule has 5 nitrogen and oxygen atoms in total. The van der Waals surface area contributed by atoms with E-state index < -0.39 is 17.4 Å². The molecule has 2 rings (SSSR count). The predicted octanol–water partition coefficient (Wildman–Crippen LogP) is 3.87. The van der Waals surface area contributed by atoms with Crippen LogP contribution in [0.3, 0.4) is 0 Å². The third-order valence-corrected chi connectivity index (χ3v) is 3.49. The predicted molar refractivity (Wildman–Crippen MR) is 88.2 cm³/mol. The molecule has 7 heteroatoms. The first kappa shape index (κ1) is 16.9. The lowest BCUT2D eigenvalue weighted by Crippen LogP contribution is -2.34. The number of hydrogen-bond acceptors (Lipinski definition) is 3. The number of alkyl halides is 1. The summed E-state index contributed by atoms with van der Waals surface area (Å²) < 4.78 is 7.84. The van der Waals surface area contributed by atoms with Gasteiger partial charge in [-0.25, -0.2) is 9.59 Å². The van der Waals surface area contributed by atoms with E-state index in [-0.39, 0.29) is 0 Å². The number of ether oxygens (including phenoxy) is 1. The summed E-state index contributed by atoms with van der Waals surface area (Å²) in [5, 5.41) is 0.494. The van der Waals surface area contributed by atoms with E-state index in [2.05, 4.69) is 0 Å². The van der Waals surface area contributed by atoms with Crippen molar-refractivity contribution in [1.82, 2.24) is 9.13 Å². The Labute approximate surface area is 138 Å². The molecule has 0 N–H and O–H groups in total. The zero-order valence-corrected chi connectivity index (χ0v) is 14.2. The van der Waals surface area contributed by atoms with E-state index in [1.54, 1.807) is 39.0 Å². The van der Waals surface area contributed by atoms with Gasteiger partial charge in [-0.3, -0.25) is 4.57 Å². The van der Waals surface area contributed by atoms with E-state index >= 15 is 0 Å². The summed E-state index contributed by atoms with van der Waals surface area (Å²) in [6, 6.07) is 4.93. The van der Waals surface area contributed by atoms with Crippen LogP contribution in [0.2, 0.25) is 5.02 Å². The lowest BCUT2D eigenvalue weighted by molar-refractivity contribution is 0.0537. The van der Waals surface area contributed by atoms with Gasteiger partial charge in [0.05, 0.1) is 11.0 Å². The topological polar surface area (TPSA) is 53.2 Å². The van der Waals surface area contributed by atoms with Gasteiger partial charge in [-0.05, 0) is 45.4 Å². The number of halogens is 2. The third-order valence-electron chi connectivity index (χ3n) is 2.98. The van der Waals surface area contributed by atoms with Gasteiger partial charge in [0.1, 0.15) is 5.60 Å². The summed E-state index contributed by atoms with van der Waals surface area (Å²) in [5.74, 6) is 0.423. The van der Waals surface area contributed by atoms with Crippen LogP contribution < -0.4 is 5.69 Å². The minimum atomic E-state index is -0.700. The Bertz CT molecular complexity index is 756. The molecule has 2 aromatic rings. The van der Waals surface area contributed by atoms with Crippen molar-refractivity contribution in [2.45, 2.75) is 39.3 Å². The van der Waals surface area contributed by atoms with Crippen LogP contribution in [-0.2, 0) is 11.3 Å². The van der Waals surface area contributed by atoms with Crippen molar-refractivity contribution in [3.63, 3.8) is 0 Å². The van der Waals surface area contributed by atoms with Gasteiger partial charge >= 0.3 is 11.8 Å². The summed E-state index contributed by atoms with van der Waals surface area (Å²) >= 11 is 11.7. The smallest absolute Gasteiger partial charge is 0.423 e. The highest BCUT2D eigenvalue weighted by molar-refractivity contribution is 6.31. The number of imidazole rings is 1. The van der Waals surface area contributed by atoms with Crippen LogP contribution in [0.4, 0.5) is 4.79 Å². The summed E-state index contributed by atoms with van der Waals surface area (Å²) in [6.07, 6.45) is -0.0871. The van der Waals surface area contributed by atoms with E-state index in [4.69, 9.17) is 27.9 Å². The van der Waals surface area contributed by atoms with Crippen molar-refractivity contribution in [2.24, 2.45) is 0 Å². The lowest BCUT2D eigenvalue weighted by Gasteiger charge is -2.19. The molecule has 0 radical (unpaired) electrons. The van der Waals surface area contributed by atoms with Gasteiger partial charge in [-0.1, -0.05) is 11.6 Å². The van der Waals surface area contributed by atoms with Crippen LogP contribution in [0.1, 0.15) is 27.2 Å². The highest BCUT2D eigenvalue weighted by atomic mass is 35.5. The van der Waals surface area contributed by atoms with Gasteiger partial charge in [0.2, 0.25) is 0 Å². The molecule has 0 atom stereocenters. The summed E-state index contributed by atoms with van der Waals surface area (Å²) in [6.45, 7) is 5.66.